The molecule has 0 spiro atoms. The van der Waals surface area contributed by atoms with E-state index in [1.807, 2.05) is 61.5 Å². The van der Waals surface area contributed by atoms with Crippen LogP contribution in [0, 0.1) is 12.8 Å². The fourth-order valence-corrected chi connectivity index (χ4v) is 3.37. The molecule has 3 rings (SSSR count). The fourth-order valence-electron chi connectivity index (χ4n) is 3.37. The van der Waals surface area contributed by atoms with Gasteiger partial charge in [0.15, 0.2) is 5.78 Å². The summed E-state index contributed by atoms with van der Waals surface area (Å²) in [5.41, 5.74) is 4.17. The summed E-state index contributed by atoms with van der Waals surface area (Å²) >= 11 is 0. The number of hydrogen-bond donors (Lipinski definition) is 0. The maximum Gasteiger partial charge on any atom is 0.317 e. The maximum atomic E-state index is 12.8. The molecule has 0 aliphatic heterocycles. The average molecular weight is 334 g/mol. The number of ether oxygens (including phenoxy) is 1. The van der Waals surface area contributed by atoms with Gasteiger partial charge in [0, 0.05) is 5.92 Å². The van der Waals surface area contributed by atoms with Crippen LogP contribution < -0.4 is 0 Å². The first-order valence-electron chi connectivity index (χ1n) is 8.63. The van der Waals surface area contributed by atoms with Gasteiger partial charge in [0.25, 0.3) is 0 Å². The van der Waals surface area contributed by atoms with Crippen LogP contribution in [0.15, 0.2) is 60.7 Å². The zero-order chi connectivity index (χ0) is 17.8. The molecule has 0 fully saturated rings. The first-order valence-corrected chi connectivity index (χ1v) is 8.63. The lowest BCUT2D eigenvalue weighted by Gasteiger charge is -2.29. The van der Waals surface area contributed by atoms with Crippen molar-refractivity contribution in [3.63, 3.8) is 0 Å². The molecule has 25 heavy (non-hydrogen) atoms. The molecular weight excluding hydrogens is 312 g/mol. The van der Waals surface area contributed by atoms with E-state index in [0.29, 0.717) is 6.42 Å². The summed E-state index contributed by atoms with van der Waals surface area (Å²) in [5, 5.41) is 0. The third-order valence-corrected chi connectivity index (χ3v) is 4.66. The highest BCUT2D eigenvalue weighted by Gasteiger charge is 2.39. The topological polar surface area (TPSA) is 43.4 Å². The molecule has 3 nitrogen and oxygen atoms in total. The van der Waals surface area contributed by atoms with Crippen molar-refractivity contribution in [1.29, 1.82) is 0 Å². The summed E-state index contributed by atoms with van der Waals surface area (Å²) in [4.78, 5) is 25.2. The van der Waals surface area contributed by atoms with E-state index >= 15 is 0 Å². The van der Waals surface area contributed by atoms with E-state index in [1.165, 1.54) is 5.56 Å². The Labute approximate surface area is 148 Å². The van der Waals surface area contributed by atoms with Crippen LogP contribution in [-0.4, -0.2) is 18.4 Å². The molecule has 0 N–H and O–H groups in total. The summed E-state index contributed by atoms with van der Waals surface area (Å²) in [7, 11) is 0. The standard InChI is InChI=1S/C22H22O3/c1-3-25-22(24)21-19(17-7-5-4-6-8-17)13-18(14-20(21)23)16-11-9-15(2)10-12-16/h4-12,14,19,21H,3,13H2,1-2H3/t19-,21+/m0/s1. The van der Waals surface area contributed by atoms with E-state index in [0.717, 1.165) is 16.7 Å². The van der Waals surface area contributed by atoms with Crippen LogP contribution in [0.3, 0.4) is 0 Å². The minimum Gasteiger partial charge on any atom is -0.465 e. The van der Waals surface area contributed by atoms with Crippen molar-refractivity contribution in [3.05, 3.63) is 77.4 Å². The van der Waals surface area contributed by atoms with Crippen molar-refractivity contribution in [2.75, 3.05) is 6.61 Å². The Morgan fingerprint density at radius 3 is 2.40 bits per heavy atom. The molecule has 3 heteroatoms. The van der Waals surface area contributed by atoms with E-state index in [1.54, 1.807) is 13.0 Å². The third-order valence-electron chi connectivity index (χ3n) is 4.66. The first-order chi connectivity index (χ1) is 12.1. The molecule has 128 valence electrons. The summed E-state index contributed by atoms with van der Waals surface area (Å²) in [6.07, 6.45) is 2.26. The highest BCUT2D eigenvalue weighted by molar-refractivity contribution is 6.10. The van der Waals surface area contributed by atoms with Gasteiger partial charge in [-0.2, -0.15) is 0 Å². The molecule has 0 bridgehead atoms. The number of rotatable bonds is 4. The molecule has 1 aliphatic carbocycles. The van der Waals surface area contributed by atoms with Crippen molar-refractivity contribution >= 4 is 17.3 Å². The highest BCUT2D eigenvalue weighted by atomic mass is 16.5. The lowest BCUT2D eigenvalue weighted by Crippen LogP contribution is -2.34. The second-order valence-electron chi connectivity index (χ2n) is 6.39. The largest absolute Gasteiger partial charge is 0.465 e. The van der Waals surface area contributed by atoms with Crippen LogP contribution in [0.4, 0.5) is 0 Å². The molecule has 1 aliphatic rings. The summed E-state index contributed by atoms with van der Waals surface area (Å²) in [6, 6.07) is 17.9. The van der Waals surface area contributed by atoms with Crippen molar-refractivity contribution in [3.8, 4) is 0 Å². The smallest absolute Gasteiger partial charge is 0.317 e. The summed E-state index contributed by atoms with van der Waals surface area (Å²) < 4.78 is 5.17. The number of esters is 1. The fraction of sp³-hybridized carbons (Fsp3) is 0.273. The van der Waals surface area contributed by atoms with Gasteiger partial charge in [-0.1, -0.05) is 60.2 Å². The van der Waals surface area contributed by atoms with Gasteiger partial charge >= 0.3 is 5.97 Å². The van der Waals surface area contributed by atoms with Gasteiger partial charge in [0.2, 0.25) is 0 Å². The monoisotopic (exact) mass is 334 g/mol. The molecule has 2 atom stereocenters. The summed E-state index contributed by atoms with van der Waals surface area (Å²) in [6.45, 7) is 4.07. The lowest BCUT2D eigenvalue weighted by molar-refractivity contribution is -0.151. The first kappa shape index (κ1) is 17.2. The Morgan fingerprint density at radius 2 is 1.76 bits per heavy atom. The molecule has 0 saturated carbocycles. The van der Waals surface area contributed by atoms with Crippen LogP contribution in [0.5, 0.6) is 0 Å². The van der Waals surface area contributed by atoms with Gasteiger partial charge in [-0.15, -0.1) is 0 Å². The Hall–Kier alpha value is -2.68. The van der Waals surface area contributed by atoms with E-state index < -0.39 is 11.9 Å². The van der Waals surface area contributed by atoms with Gasteiger partial charge in [-0.05, 0) is 43.0 Å². The normalized spacial score (nSPS) is 20.1. The third kappa shape index (κ3) is 3.71. The van der Waals surface area contributed by atoms with Crippen molar-refractivity contribution in [2.45, 2.75) is 26.2 Å². The second kappa shape index (κ2) is 7.47. The van der Waals surface area contributed by atoms with Crippen LogP contribution >= 0.6 is 0 Å². The SMILES string of the molecule is CCOC(=O)[C@H]1C(=O)C=C(c2ccc(C)cc2)C[C@H]1c1ccccc1. The van der Waals surface area contributed by atoms with E-state index in [4.69, 9.17) is 4.74 Å². The Morgan fingerprint density at radius 1 is 1.08 bits per heavy atom. The molecular formula is C22H22O3. The second-order valence-corrected chi connectivity index (χ2v) is 6.39. The lowest BCUT2D eigenvalue weighted by atomic mass is 9.73. The zero-order valence-corrected chi connectivity index (χ0v) is 14.6. The van der Waals surface area contributed by atoms with E-state index in [9.17, 15) is 9.59 Å². The van der Waals surface area contributed by atoms with Crippen molar-refractivity contribution in [2.24, 2.45) is 5.92 Å². The van der Waals surface area contributed by atoms with E-state index in [2.05, 4.69) is 0 Å². The van der Waals surface area contributed by atoms with E-state index in [-0.39, 0.29) is 18.3 Å². The Kier molecular flexibility index (Phi) is 5.13. The van der Waals surface area contributed by atoms with Crippen molar-refractivity contribution < 1.29 is 14.3 Å². The number of allylic oxidation sites excluding steroid dienone is 2. The Balaban J connectivity index is 2.00. The molecule has 2 aromatic rings. The predicted octanol–water partition coefficient (Wildman–Crippen LogP) is 4.31. The van der Waals surface area contributed by atoms with Crippen LogP contribution in [-0.2, 0) is 14.3 Å². The van der Waals surface area contributed by atoms with Crippen LogP contribution in [0.25, 0.3) is 5.57 Å². The number of ketones is 1. The molecule has 0 unspecified atom stereocenters. The van der Waals surface area contributed by atoms with Gasteiger partial charge in [0.05, 0.1) is 6.61 Å². The summed E-state index contributed by atoms with van der Waals surface area (Å²) in [5.74, 6) is -1.57. The number of carbonyl (C=O) groups excluding carboxylic acids is 2. The molecule has 0 amide bonds. The van der Waals surface area contributed by atoms with Crippen LogP contribution in [0.2, 0.25) is 0 Å². The number of aryl methyl sites for hydroxylation is 1. The number of benzene rings is 2. The predicted molar refractivity (Wildman–Crippen MR) is 98.1 cm³/mol. The molecule has 0 heterocycles. The molecule has 0 radical (unpaired) electrons. The minimum absolute atomic E-state index is 0.172. The zero-order valence-electron chi connectivity index (χ0n) is 14.6. The molecule has 2 aromatic carbocycles. The average Bonchev–Trinajstić information content (AvgIpc) is 2.62. The van der Waals surface area contributed by atoms with Crippen molar-refractivity contribution in [1.82, 2.24) is 0 Å². The number of carbonyl (C=O) groups is 2. The Bertz CT molecular complexity index is 788. The van der Waals surface area contributed by atoms with Crippen LogP contribution in [0.1, 0.15) is 36.0 Å². The highest BCUT2D eigenvalue weighted by Crippen LogP contribution is 2.40. The molecule has 0 saturated heterocycles. The quantitative estimate of drug-likeness (QED) is 0.618. The maximum absolute atomic E-state index is 12.8. The minimum atomic E-state index is -0.767. The van der Waals surface area contributed by atoms with Gasteiger partial charge in [-0.25, -0.2) is 0 Å². The molecule has 0 aromatic heterocycles. The number of hydrogen-bond acceptors (Lipinski definition) is 3. The van der Waals surface area contributed by atoms with Gasteiger partial charge < -0.3 is 4.74 Å². The van der Waals surface area contributed by atoms with Gasteiger partial charge in [0.1, 0.15) is 5.92 Å². The van der Waals surface area contributed by atoms with Gasteiger partial charge in [-0.3, -0.25) is 9.59 Å².